The minimum atomic E-state index is -3.77. The van der Waals surface area contributed by atoms with Gasteiger partial charge in [0, 0.05) is 17.3 Å². The molecule has 150 valence electrons. The third kappa shape index (κ3) is 4.42. The van der Waals surface area contributed by atoms with Crippen molar-refractivity contribution in [3.05, 3.63) is 48.0 Å². The molecule has 0 spiro atoms. The molecule has 2 aromatic carbocycles. The maximum atomic E-state index is 12.5. The lowest BCUT2D eigenvalue weighted by Gasteiger charge is -2.15. The van der Waals surface area contributed by atoms with Crippen LogP contribution in [-0.4, -0.2) is 34.6 Å². The van der Waals surface area contributed by atoms with Crippen LogP contribution in [0.5, 0.6) is 11.5 Å². The van der Waals surface area contributed by atoms with Crippen molar-refractivity contribution in [2.75, 3.05) is 19.5 Å². The van der Waals surface area contributed by atoms with E-state index < -0.39 is 16.1 Å². The summed E-state index contributed by atoms with van der Waals surface area (Å²) in [5.41, 5.74) is 7.46. The molecule has 0 radical (unpaired) electrons. The summed E-state index contributed by atoms with van der Waals surface area (Å²) >= 11 is 0. The van der Waals surface area contributed by atoms with Gasteiger partial charge in [-0.1, -0.05) is 6.07 Å². The number of nitrogens with one attached hydrogen (secondary N) is 3. The first-order valence-electron chi connectivity index (χ1n) is 8.48. The zero-order valence-corrected chi connectivity index (χ0v) is 16.2. The van der Waals surface area contributed by atoms with Crippen LogP contribution in [0.2, 0.25) is 0 Å². The minimum absolute atomic E-state index is 0.0159. The van der Waals surface area contributed by atoms with E-state index in [1.807, 2.05) is 12.1 Å². The average Bonchev–Trinajstić information content (AvgIpc) is 3.17. The first-order chi connectivity index (χ1) is 13.3. The number of sulfonamides is 1. The number of nitrogens with two attached hydrogens (primary N) is 1. The highest BCUT2D eigenvalue weighted by atomic mass is 32.2. The van der Waals surface area contributed by atoms with Gasteiger partial charge < -0.3 is 14.8 Å². The molecule has 3 rings (SSSR count). The van der Waals surface area contributed by atoms with Crippen molar-refractivity contribution in [3.8, 4) is 11.5 Å². The lowest BCUT2D eigenvalue weighted by atomic mass is 10.0. The van der Waals surface area contributed by atoms with Crippen molar-refractivity contribution in [3.63, 3.8) is 0 Å². The largest absolute Gasteiger partial charge is 0.497 e. The number of hydrogen-bond acceptors (Lipinski definition) is 7. The second-order valence-corrected chi connectivity index (χ2v) is 7.86. The SMILES string of the molecule is COc1ccc(C2CC(C(=O)Nc3ccc(S(N)(=O)=O)cc3)NN2)c(OC)c1. The van der Waals surface area contributed by atoms with Crippen molar-refractivity contribution in [1.29, 1.82) is 0 Å². The van der Waals surface area contributed by atoms with Gasteiger partial charge in [-0.05, 0) is 36.8 Å². The monoisotopic (exact) mass is 406 g/mol. The first-order valence-corrected chi connectivity index (χ1v) is 10.0. The molecule has 1 saturated heterocycles. The summed E-state index contributed by atoms with van der Waals surface area (Å²) in [6, 6.07) is 10.6. The highest BCUT2D eigenvalue weighted by Crippen LogP contribution is 2.33. The number of carbonyl (C=O) groups is 1. The van der Waals surface area contributed by atoms with E-state index in [9.17, 15) is 13.2 Å². The Morgan fingerprint density at radius 1 is 1.11 bits per heavy atom. The number of hydrogen-bond donors (Lipinski definition) is 4. The number of hydrazine groups is 1. The van der Waals surface area contributed by atoms with Gasteiger partial charge in [0.15, 0.2) is 0 Å². The van der Waals surface area contributed by atoms with Crippen LogP contribution in [0.3, 0.4) is 0 Å². The van der Waals surface area contributed by atoms with Gasteiger partial charge in [-0.2, -0.15) is 0 Å². The number of methoxy groups -OCH3 is 2. The van der Waals surface area contributed by atoms with Gasteiger partial charge in [-0.15, -0.1) is 0 Å². The van der Waals surface area contributed by atoms with Gasteiger partial charge in [0.1, 0.15) is 17.5 Å². The van der Waals surface area contributed by atoms with Gasteiger partial charge in [0.05, 0.1) is 25.2 Å². The van der Waals surface area contributed by atoms with Crippen molar-refractivity contribution < 1.29 is 22.7 Å². The number of benzene rings is 2. The van der Waals surface area contributed by atoms with Crippen LogP contribution in [0.4, 0.5) is 5.69 Å². The third-order valence-corrected chi connectivity index (χ3v) is 5.42. The van der Waals surface area contributed by atoms with Crippen LogP contribution < -0.4 is 30.8 Å². The summed E-state index contributed by atoms with van der Waals surface area (Å²) in [4.78, 5) is 12.5. The Balaban J connectivity index is 1.66. The van der Waals surface area contributed by atoms with Crippen LogP contribution in [0.1, 0.15) is 18.0 Å². The van der Waals surface area contributed by atoms with Gasteiger partial charge in [0.25, 0.3) is 0 Å². The highest BCUT2D eigenvalue weighted by Gasteiger charge is 2.31. The number of rotatable bonds is 6. The number of ether oxygens (including phenoxy) is 2. The van der Waals surface area contributed by atoms with Gasteiger partial charge in [-0.25, -0.2) is 24.4 Å². The Labute approximate surface area is 163 Å². The van der Waals surface area contributed by atoms with E-state index in [1.165, 1.54) is 24.3 Å². The van der Waals surface area contributed by atoms with E-state index in [0.29, 0.717) is 23.6 Å². The van der Waals surface area contributed by atoms with E-state index in [2.05, 4.69) is 16.2 Å². The fraction of sp³-hybridized carbons (Fsp3) is 0.278. The van der Waals surface area contributed by atoms with Crippen LogP contribution in [-0.2, 0) is 14.8 Å². The maximum absolute atomic E-state index is 12.5. The molecule has 2 atom stereocenters. The zero-order valence-electron chi connectivity index (χ0n) is 15.4. The Hall–Kier alpha value is -2.66. The van der Waals surface area contributed by atoms with E-state index in [4.69, 9.17) is 14.6 Å². The Morgan fingerprint density at radius 3 is 2.43 bits per heavy atom. The van der Waals surface area contributed by atoms with Crippen LogP contribution in [0.25, 0.3) is 0 Å². The molecule has 0 aliphatic carbocycles. The topological polar surface area (TPSA) is 132 Å². The molecule has 0 bridgehead atoms. The van der Waals surface area contributed by atoms with Crippen molar-refractivity contribution >= 4 is 21.6 Å². The van der Waals surface area contributed by atoms with Crippen molar-refractivity contribution in [2.45, 2.75) is 23.4 Å². The second kappa shape index (κ2) is 8.15. The number of carbonyl (C=O) groups excluding carboxylic acids is 1. The minimum Gasteiger partial charge on any atom is -0.497 e. The third-order valence-electron chi connectivity index (χ3n) is 4.49. The van der Waals surface area contributed by atoms with Gasteiger partial charge >= 0.3 is 0 Å². The number of anilines is 1. The predicted molar refractivity (Wildman–Crippen MR) is 103 cm³/mol. The highest BCUT2D eigenvalue weighted by molar-refractivity contribution is 7.89. The molecular formula is C18H22N4O5S. The lowest BCUT2D eigenvalue weighted by molar-refractivity contribution is -0.117. The molecule has 1 amide bonds. The molecule has 2 aromatic rings. The summed E-state index contributed by atoms with van der Waals surface area (Å²) in [6.45, 7) is 0. The van der Waals surface area contributed by atoms with E-state index in [-0.39, 0.29) is 16.8 Å². The van der Waals surface area contributed by atoms with E-state index in [0.717, 1.165) is 5.56 Å². The number of amides is 1. The van der Waals surface area contributed by atoms with Crippen molar-refractivity contribution in [1.82, 2.24) is 10.9 Å². The standard InChI is InChI=1S/C18H22N4O5S/c1-26-12-5-8-14(17(9-12)27-2)15-10-16(22-21-15)18(23)20-11-3-6-13(7-4-11)28(19,24)25/h3-9,15-16,21-22H,10H2,1-2H3,(H,20,23)(H2,19,24,25). The molecular weight excluding hydrogens is 384 g/mol. The molecule has 5 N–H and O–H groups in total. The summed E-state index contributed by atoms with van der Waals surface area (Å²) in [6.07, 6.45) is 0.504. The molecule has 1 aliphatic heterocycles. The normalized spacial score (nSPS) is 19.2. The fourth-order valence-electron chi connectivity index (χ4n) is 3.00. The molecule has 10 heteroatoms. The number of primary sulfonamides is 1. The molecule has 2 unspecified atom stereocenters. The zero-order chi connectivity index (χ0) is 20.3. The smallest absolute Gasteiger partial charge is 0.242 e. The molecule has 28 heavy (non-hydrogen) atoms. The van der Waals surface area contributed by atoms with Gasteiger partial charge in [-0.3, -0.25) is 4.79 Å². The summed E-state index contributed by atoms with van der Waals surface area (Å²) in [5, 5.41) is 7.82. The molecule has 9 nitrogen and oxygen atoms in total. The fourth-order valence-corrected chi connectivity index (χ4v) is 3.51. The van der Waals surface area contributed by atoms with Gasteiger partial charge in [0.2, 0.25) is 15.9 Å². The molecule has 0 aromatic heterocycles. The quantitative estimate of drug-likeness (QED) is 0.560. The van der Waals surface area contributed by atoms with E-state index in [1.54, 1.807) is 20.3 Å². The van der Waals surface area contributed by atoms with Crippen LogP contribution in [0.15, 0.2) is 47.4 Å². The first kappa shape index (κ1) is 20.1. The summed E-state index contributed by atoms with van der Waals surface area (Å²) < 4.78 is 33.2. The Bertz CT molecular complexity index is 962. The molecule has 0 saturated carbocycles. The molecule has 1 fully saturated rings. The Kier molecular flexibility index (Phi) is 5.84. The van der Waals surface area contributed by atoms with Crippen LogP contribution in [0, 0.1) is 0 Å². The Morgan fingerprint density at radius 2 is 1.82 bits per heavy atom. The molecule has 1 aliphatic rings. The second-order valence-electron chi connectivity index (χ2n) is 6.30. The maximum Gasteiger partial charge on any atom is 0.242 e. The van der Waals surface area contributed by atoms with E-state index >= 15 is 0 Å². The average molecular weight is 406 g/mol. The molecule has 1 heterocycles. The summed E-state index contributed by atoms with van der Waals surface area (Å²) in [5.74, 6) is 1.10. The van der Waals surface area contributed by atoms with Crippen molar-refractivity contribution in [2.24, 2.45) is 5.14 Å². The van der Waals surface area contributed by atoms with Crippen LogP contribution >= 0.6 is 0 Å². The lowest BCUT2D eigenvalue weighted by Crippen LogP contribution is -2.39. The summed E-state index contributed by atoms with van der Waals surface area (Å²) in [7, 11) is -0.607. The predicted octanol–water partition coefficient (Wildman–Crippen LogP) is 0.898.